The zero-order valence-corrected chi connectivity index (χ0v) is 54.6. The number of allylic oxidation sites excluding steroid dienone is 1. The number of ether oxygens (including phenoxy) is 1. The highest BCUT2D eigenvalue weighted by atomic mass is 16.5. The Labute approximate surface area is 501 Å². The van der Waals surface area contributed by atoms with Gasteiger partial charge in [0.25, 0.3) is 0 Å². The van der Waals surface area contributed by atoms with E-state index >= 15 is 0 Å². The first-order valence-electron chi connectivity index (χ1n) is 37.0. The van der Waals surface area contributed by atoms with Crippen LogP contribution in [0.15, 0.2) is 12.2 Å². The lowest BCUT2D eigenvalue weighted by molar-refractivity contribution is -0.143. The summed E-state index contributed by atoms with van der Waals surface area (Å²) in [5.74, 6) is -0.0351. The fourth-order valence-corrected chi connectivity index (χ4v) is 11.9. The number of nitrogens with one attached hydrogen (secondary N) is 1. The van der Waals surface area contributed by atoms with E-state index < -0.39 is 12.1 Å². The third-order valence-corrected chi connectivity index (χ3v) is 17.6. The zero-order chi connectivity index (χ0) is 57.8. The Bertz CT molecular complexity index is 1210. The highest BCUT2D eigenvalue weighted by Crippen LogP contribution is 2.20. The molecule has 0 aliphatic rings. The average molecular weight is 1130 g/mol. The quantitative estimate of drug-likeness (QED) is 0.0320. The summed E-state index contributed by atoms with van der Waals surface area (Å²) in [5, 5.41) is 23.1. The molecule has 476 valence electrons. The van der Waals surface area contributed by atoms with Gasteiger partial charge >= 0.3 is 5.97 Å². The van der Waals surface area contributed by atoms with Crippen molar-refractivity contribution in [2.45, 2.75) is 437 Å². The molecule has 0 aliphatic heterocycles. The van der Waals surface area contributed by atoms with Gasteiger partial charge in [-0.1, -0.05) is 392 Å². The van der Waals surface area contributed by atoms with Crippen molar-refractivity contribution in [2.75, 3.05) is 13.2 Å². The molecule has 0 rings (SSSR count). The molecule has 0 saturated heterocycles. The predicted octanol–water partition coefficient (Wildman–Crippen LogP) is 23.9. The third kappa shape index (κ3) is 65.7. The number of esters is 1. The van der Waals surface area contributed by atoms with Crippen molar-refractivity contribution in [3.05, 3.63) is 12.2 Å². The van der Waals surface area contributed by atoms with Crippen molar-refractivity contribution < 1.29 is 24.5 Å². The number of hydrogen-bond donors (Lipinski definition) is 3. The highest BCUT2D eigenvalue weighted by Gasteiger charge is 2.18. The van der Waals surface area contributed by atoms with E-state index in [1.54, 1.807) is 6.08 Å². The molecular weight excluding hydrogens is 983 g/mol. The van der Waals surface area contributed by atoms with Gasteiger partial charge in [0.05, 0.1) is 25.4 Å². The largest absolute Gasteiger partial charge is 0.466 e. The second-order valence-corrected chi connectivity index (χ2v) is 25.6. The molecule has 80 heavy (non-hydrogen) atoms. The highest BCUT2D eigenvalue weighted by molar-refractivity contribution is 5.76. The van der Waals surface area contributed by atoms with Gasteiger partial charge in [0, 0.05) is 12.8 Å². The van der Waals surface area contributed by atoms with Gasteiger partial charge in [-0.15, -0.1) is 0 Å². The Kier molecular flexibility index (Phi) is 68.9. The molecule has 2 atom stereocenters. The Morgan fingerprint density at radius 1 is 0.338 bits per heavy atom. The lowest BCUT2D eigenvalue weighted by Crippen LogP contribution is -2.45. The van der Waals surface area contributed by atoms with Crippen molar-refractivity contribution in [1.82, 2.24) is 5.32 Å². The second-order valence-electron chi connectivity index (χ2n) is 25.6. The zero-order valence-electron chi connectivity index (χ0n) is 54.6. The van der Waals surface area contributed by atoms with Gasteiger partial charge in [-0.2, -0.15) is 0 Å². The van der Waals surface area contributed by atoms with Gasteiger partial charge in [0.15, 0.2) is 0 Å². The molecule has 0 spiro atoms. The van der Waals surface area contributed by atoms with Gasteiger partial charge in [-0.3, -0.25) is 9.59 Å². The van der Waals surface area contributed by atoms with Crippen LogP contribution in [0.5, 0.6) is 0 Å². The maximum atomic E-state index is 12.5. The predicted molar refractivity (Wildman–Crippen MR) is 352 cm³/mol. The topological polar surface area (TPSA) is 95.9 Å². The summed E-state index contributed by atoms with van der Waals surface area (Å²) in [7, 11) is 0. The van der Waals surface area contributed by atoms with E-state index in [-0.39, 0.29) is 18.5 Å². The van der Waals surface area contributed by atoms with Crippen molar-refractivity contribution in [3.8, 4) is 0 Å². The van der Waals surface area contributed by atoms with Crippen LogP contribution in [0.2, 0.25) is 0 Å². The number of unbranched alkanes of at least 4 members (excludes halogenated alkanes) is 59. The minimum absolute atomic E-state index is 0.0267. The van der Waals surface area contributed by atoms with Crippen LogP contribution in [0.25, 0.3) is 0 Å². The van der Waals surface area contributed by atoms with Gasteiger partial charge < -0.3 is 20.3 Å². The molecule has 2 unspecified atom stereocenters. The number of hydrogen-bond acceptors (Lipinski definition) is 5. The van der Waals surface area contributed by atoms with Crippen LogP contribution >= 0.6 is 0 Å². The molecule has 6 heteroatoms. The van der Waals surface area contributed by atoms with Crippen molar-refractivity contribution >= 4 is 11.9 Å². The number of carbonyl (C=O) groups is 2. The summed E-state index contributed by atoms with van der Waals surface area (Å²) in [6.45, 7) is 4.94. The number of carbonyl (C=O) groups excluding carboxylic acids is 2. The molecule has 0 aliphatic carbocycles. The Balaban J connectivity index is 3.29. The molecule has 0 radical (unpaired) electrons. The molecule has 3 N–H and O–H groups in total. The van der Waals surface area contributed by atoms with Crippen LogP contribution in [0.1, 0.15) is 425 Å². The van der Waals surface area contributed by atoms with Crippen molar-refractivity contribution in [1.29, 1.82) is 0 Å². The number of aliphatic hydroxyl groups excluding tert-OH is 2. The minimum atomic E-state index is -0.839. The SMILES string of the molecule is CCCCCCCCCCCC/C=C/C(O)C(CO)NC(=O)CCCCCCCCCCCCCCCCCCCCCCCCCCCCCCCCCCOC(=O)CCCCCCCCCCCCCCCCCCCCC. The molecular formula is C74H145NO5. The molecule has 0 aromatic rings. The maximum absolute atomic E-state index is 12.5. The van der Waals surface area contributed by atoms with Crippen LogP contribution < -0.4 is 5.32 Å². The minimum Gasteiger partial charge on any atom is -0.466 e. The summed E-state index contributed by atoms with van der Waals surface area (Å²) in [4.78, 5) is 24.6. The number of aliphatic hydroxyl groups is 2. The molecule has 0 bridgehead atoms. The van der Waals surface area contributed by atoms with Crippen LogP contribution in [0.3, 0.4) is 0 Å². The van der Waals surface area contributed by atoms with E-state index in [1.165, 1.54) is 360 Å². The van der Waals surface area contributed by atoms with Gasteiger partial charge in [-0.05, 0) is 32.1 Å². The first-order chi connectivity index (χ1) is 39.5. The third-order valence-electron chi connectivity index (χ3n) is 17.6. The molecule has 6 nitrogen and oxygen atoms in total. The van der Waals surface area contributed by atoms with Crippen molar-refractivity contribution in [2.24, 2.45) is 0 Å². The van der Waals surface area contributed by atoms with Gasteiger partial charge in [0.2, 0.25) is 5.91 Å². The molecule has 0 heterocycles. The monoisotopic (exact) mass is 1130 g/mol. The van der Waals surface area contributed by atoms with E-state index in [9.17, 15) is 19.8 Å². The molecule has 1 amide bonds. The van der Waals surface area contributed by atoms with Gasteiger partial charge in [0.1, 0.15) is 0 Å². The lowest BCUT2D eigenvalue weighted by atomic mass is 10.0. The molecule has 0 saturated carbocycles. The average Bonchev–Trinajstić information content (AvgIpc) is 3.46. The Morgan fingerprint density at radius 2 is 0.575 bits per heavy atom. The van der Waals surface area contributed by atoms with Crippen molar-refractivity contribution in [3.63, 3.8) is 0 Å². The number of amides is 1. The van der Waals surface area contributed by atoms with E-state index in [4.69, 9.17) is 4.74 Å². The fraction of sp³-hybridized carbons (Fsp3) is 0.946. The molecule has 0 fully saturated rings. The smallest absolute Gasteiger partial charge is 0.305 e. The standard InChI is InChI=1S/C74H145NO5/c1-3-5-7-9-11-13-15-17-18-19-34-38-41-44-48-52-56-60-64-68-74(79)80-69-65-61-57-53-49-45-42-39-36-33-31-29-27-25-23-21-20-22-24-26-28-30-32-35-37-40-43-47-51-55-59-63-67-73(78)75-71(70-76)72(77)66-62-58-54-50-46-16-14-12-10-8-6-4-2/h62,66,71-72,76-77H,3-61,63-65,67-70H2,1-2H3,(H,75,78)/b66-62+. The first kappa shape index (κ1) is 78.6. The van der Waals surface area contributed by atoms with Crippen LogP contribution in [0, 0.1) is 0 Å². The summed E-state index contributed by atoms with van der Waals surface area (Å²) >= 11 is 0. The summed E-state index contributed by atoms with van der Waals surface area (Å²) in [6, 6.07) is -0.622. The van der Waals surface area contributed by atoms with Crippen LogP contribution in [0.4, 0.5) is 0 Å². The van der Waals surface area contributed by atoms with Crippen LogP contribution in [-0.4, -0.2) is 47.4 Å². The normalized spacial score (nSPS) is 12.5. The molecule has 0 aromatic heterocycles. The summed E-state index contributed by atoms with van der Waals surface area (Å²) < 4.78 is 5.52. The summed E-state index contributed by atoms with van der Waals surface area (Å²) in [5.41, 5.74) is 0. The van der Waals surface area contributed by atoms with Crippen LogP contribution in [-0.2, 0) is 14.3 Å². The number of rotatable bonds is 70. The maximum Gasteiger partial charge on any atom is 0.305 e. The Morgan fingerprint density at radius 3 is 0.850 bits per heavy atom. The molecule has 0 aromatic carbocycles. The van der Waals surface area contributed by atoms with E-state index in [2.05, 4.69) is 19.2 Å². The Hall–Kier alpha value is -1.40. The fourth-order valence-electron chi connectivity index (χ4n) is 11.9. The van der Waals surface area contributed by atoms with E-state index in [1.807, 2.05) is 6.08 Å². The lowest BCUT2D eigenvalue weighted by Gasteiger charge is -2.20. The van der Waals surface area contributed by atoms with Gasteiger partial charge in [-0.25, -0.2) is 0 Å². The van der Waals surface area contributed by atoms with E-state index in [0.29, 0.717) is 19.4 Å². The summed E-state index contributed by atoms with van der Waals surface area (Å²) in [6.07, 6.45) is 87.5. The first-order valence-corrected chi connectivity index (χ1v) is 37.0. The second kappa shape index (κ2) is 70.1. The van der Waals surface area contributed by atoms with E-state index in [0.717, 1.165) is 38.5 Å².